The van der Waals surface area contributed by atoms with Gasteiger partial charge in [0.25, 0.3) is 0 Å². The molecular weight excluding hydrogens is 342 g/mol. The second-order valence-electron chi connectivity index (χ2n) is 4.41. The Labute approximate surface area is 132 Å². The molecule has 0 saturated carbocycles. The average molecular weight is 359 g/mol. The van der Waals surface area contributed by atoms with Gasteiger partial charge in [-0.05, 0) is 53.2 Å². The van der Waals surface area contributed by atoms with Gasteiger partial charge in [-0.3, -0.25) is 0 Å². The summed E-state index contributed by atoms with van der Waals surface area (Å²) in [4.78, 5) is 0. The summed E-state index contributed by atoms with van der Waals surface area (Å²) in [6, 6.07) is 7.37. The summed E-state index contributed by atoms with van der Waals surface area (Å²) in [5, 5.41) is 4.14. The van der Waals surface area contributed by atoms with E-state index in [2.05, 4.69) is 28.2 Å². The van der Waals surface area contributed by atoms with E-state index in [4.69, 9.17) is 20.8 Å². The van der Waals surface area contributed by atoms with Crippen LogP contribution < -0.4 is 10.1 Å². The summed E-state index contributed by atoms with van der Waals surface area (Å²) in [6.07, 6.45) is 2.69. The standard InChI is InChI=1S/C15H17BrClNO2/c1-3-7-18-14(15-12(16)6-8-20-15)11-9-10(17)4-5-13(11)19-2/h4-6,8-9,14,18H,3,7H2,1-2H3. The monoisotopic (exact) mass is 357 g/mol. The van der Waals surface area contributed by atoms with E-state index in [0.29, 0.717) is 5.02 Å². The number of halogens is 2. The van der Waals surface area contributed by atoms with Crippen molar-refractivity contribution in [1.82, 2.24) is 5.32 Å². The second kappa shape index (κ2) is 7.16. The van der Waals surface area contributed by atoms with Gasteiger partial charge in [-0.15, -0.1) is 0 Å². The summed E-state index contributed by atoms with van der Waals surface area (Å²) >= 11 is 9.64. The number of hydrogen-bond donors (Lipinski definition) is 1. The Bertz CT molecular complexity index is 571. The minimum atomic E-state index is -0.104. The van der Waals surface area contributed by atoms with Gasteiger partial charge in [-0.2, -0.15) is 0 Å². The summed E-state index contributed by atoms with van der Waals surface area (Å²) in [5.74, 6) is 1.60. The molecule has 1 unspecified atom stereocenters. The van der Waals surface area contributed by atoms with Crippen LogP contribution in [0.15, 0.2) is 39.4 Å². The molecule has 0 spiro atoms. The zero-order chi connectivity index (χ0) is 14.5. The molecule has 1 aromatic carbocycles. The number of rotatable bonds is 6. The molecular formula is C15H17BrClNO2. The maximum Gasteiger partial charge on any atom is 0.139 e. The molecule has 1 N–H and O–H groups in total. The first-order valence-electron chi connectivity index (χ1n) is 6.47. The van der Waals surface area contributed by atoms with Crippen molar-refractivity contribution >= 4 is 27.5 Å². The van der Waals surface area contributed by atoms with E-state index in [-0.39, 0.29) is 6.04 Å². The molecule has 20 heavy (non-hydrogen) atoms. The number of benzene rings is 1. The highest BCUT2D eigenvalue weighted by Gasteiger charge is 2.23. The quantitative estimate of drug-likeness (QED) is 0.806. The number of nitrogens with one attached hydrogen (secondary N) is 1. The third-order valence-corrected chi connectivity index (χ3v) is 3.90. The molecule has 0 saturated heterocycles. The molecule has 0 amide bonds. The average Bonchev–Trinajstić information content (AvgIpc) is 2.86. The summed E-state index contributed by atoms with van der Waals surface area (Å²) in [6.45, 7) is 2.99. The minimum Gasteiger partial charge on any atom is -0.496 e. The smallest absolute Gasteiger partial charge is 0.139 e. The predicted molar refractivity (Wildman–Crippen MR) is 84.5 cm³/mol. The van der Waals surface area contributed by atoms with Crippen molar-refractivity contribution in [3.05, 3.63) is 51.3 Å². The Kier molecular flexibility index (Phi) is 5.52. The van der Waals surface area contributed by atoms with Crippen molar-refractivity contribution in [2.45, 2.75) is 19.4 Å². The van der Waals surface area contributed by atoms with Gasteiger partial charge in [0.1, 0.15) is 11.5 Å². The van der Waals surface area contributed by atoms with E-state index in [1.807, 2.05) is 24.3 Å². The Balaban J connectivity index is 2.46. The Morgan fingerprint density at radius 1 is 1.40 bits per heavy atom. The van der Waals surface area contributed by atoms with E-state index in [1.54, 1.807) is 13.4 Å². The Morgan fingerprint density at radius 2 is 2.20 bits per heavy atom. The highest BCUT2D eigenvalue weighted by molar-refractivity contribution is 9.10. The molecule has 0 bridgehead atoms. The third kappa shape index (κ3) is 3.37. The molecule has 2 rings (SSSR count). The van der Waals surface area contributed by atoms with Gasteiger partial charge in [-0.1, -0.05) is 18.5 Å². The molecule has 1 aromatic heterocycles. The lowest BCUT2D eigenvalue weighted by Crippen LogP contribution is -2.23. The molecule has 0 aliphatic rings. The van der Waals surface area contributed by atoms with Crippen LogP contribution in [-0.2, 0) is 0 Å². The first-order valence-corrected chi connectivity index (χ1v) is 7.64. The van der Waals surface area contributed by atoms with Crippen molar-refractivity contribution in [1.29, 1.82) is 0 Å². The van der Waals surface area contributed by atoms with Crippen LogP contribution >= 0.6 is 27.5 Å². The van der Waals surface area contributed by atoms with E-state index in [9.17, 15) is 0 Å². The first-order chi connectivity index (χ1) is 9.67. The molecule has 5 heteroatoms. The summed E-state index contributed by atoms with van der Waals surface area (Å²) in [7, 11) is 1.65. The lowest BCUT2D eigenvalue weighted by atomic mass is 10.0. The van der Waals surface area contributed by atoms with Crippen LogP contribution in [0, 0.1) is 0 Å². The fourth-order valence-electron chi connectivity index (χ4n) is 2.07. The van der Waals surface area contributed by atoms with Crippen LogP contribution in [0.3, 0.4) is 0 Å². The van der Waals surface area contributed by atoms with Crippen LogP contribution in [0.2, 0.25) is 5.02 Å². The molecule has 0 aliphatic heterocycles. The van der Waals surface area contributed by atoms with Crippen molar-refractivity contribution < 1.29 is 9.15 Å². The van der Waals surface area contributed by atoms with Gasteiger partial charge in [0.15, 0.2) is 0 Å². The second-order valence-corrected chi connectivity index (χ2v) is 5.70. The van der Waals surface area contributed by atoms with Gasteiger partial charge in [0.05, 0.1) is 23.9 Å². The number of methoxy groups -OCH3 is 1. The first kappa shape index (κ1) is 15.4. The molecule has 2 aromatic rings. The lowest BCUT2D eigenvalue weighted by Gasteiger charge is -2.20. The van der Waals surface area contributed by atoms with Gasteiger partial charge < -0.3 is 14.5 Å². The van der Waals surface area contributed by atoms with Crippen LogP contribution in [0.4, 0.5) is 0 Å². The maximum absolute atomic E-state index is 6.13. The van der Waals surface area contributed by atoms with Gasteiger partial charge in [0.2, 0.25) is 0 Å². The van der Waals surface area contributed by atoms with Crippen molar-refractivity contribution in [2.75, 3.05) is 13.7 Å². The summed E-state index contributed by atoms with van der Waals surface area (Å²) in [5.41, 5.74) is 0.962. The van der Waals surface area contributed by atoms with Gasteiger partial charge in [0, 0.05) is 10.6 Å². The molecule has 1 atom stereocenters. The molecule has 0 aliphatic carbocycles. The Hall–Kier alpha value is -0.970. The normalized spacial score (nSPS) is 12.4. The zero-order valence-corrected chi connectivity index (χ0v) is 13.8. The fourth-order valence-corrected chi connectivity index (χ4v) is 2.69. The molecule has 0 radical (unpaired) electrons. The minimum absolute atomic E-state index is 0.104. The fraction of sp³-hybridized carbons (Fsp3) is 0.333. The SMILES string of the molecule is CCCNC(c1cc(Cl)ccc1OC)c1occc1Br. The highest BCUT2D eigenvalue weighted by Crippen LogP contribution is 2.35. The Morgan fingerprint density at radius 3 is 2.80 bits per heavy atom. The maximum atomic E-state index is 6.13. The van der Waals surface area contributed by atoms with E-state index in [0.717, 1.165) is 34.5 Å². The van der Waals surface area contributed by atoms with Gasteiger partial charge in [-0.25, -0.2) is 0 Å². The van der Waals surface area contributed by atoms with E-state index >= 15 is 0 Å². The summed E-state index contributed by atoms with van der Waals surface area (Å²) < 4.78 is 12.0. The number of hydrogen-bond acceptors (Lipinski definition) is 3. The van der Waals surface area contributed by atoms with E-state index < -0.39 is 0 Å². The van der Waals surface area contributed by atoms with Crippen LogP contribution in [0.25, 0.3) is 0 Å². The number of ether oxygens (including phenoxy) is 1. The zero-order valence-electron chi connectivity index (χ0n) is 11.5. The topological polar surface area (TPSA) is 34.4 Å². The van der Waals surface area contributed by atoms with Gasteiger partial charge >= 0.3 is 0 Å². The molecule has 1 heterocycles. The molecule has 0 fully saturated rings. The lowest BCUT2D eigenvalue weighted by molar-refractivity contribution is 0.391. The van der Waals surface area contributed by atoms with Crippen molar-refractivity contribution in [2.24, 2.45) is 0 Å². The molecule has 3 nitrogen and oxygen atoms in total. The third-order valence-electron chi connectivity index (χ3n) is 3.01. The predicted octanol–water partition coefficient (Wildman–Crippen LogP) is 4.79. The van der Waals surface area contributed by atoms with Crippen molar-refractivity contribution in [3.8, 4) is 5.75 Å². The van der Waals surface area contributed by atoms with Crippen LogP contribution in [0.1, 0.15) is 30.7 Å². The van der Waals surface area contributed by atoms with Crippen molar-refractivity contribution in [3.63, 3.8) is 0 Å². The molecule has 108 valence electrons. The van der Waals surface area contributed by atoms with E-state index in [1.165, 1.54) is 0 Å². The largest absolute Gasteiger partial charge is 0.496 e. The van der Waals surface area contributed by atoms with Crippen LogP contribution in [0.5, 0.6) is 5.75 Å². The highest BCUT2D eigenvalue weighted by atomic mass is 79.9. The van der Waals surface area contributed by atoms with Crippen LogP contribution in [-0.4, -0.2) is 13.7 Å². The number of furan rings is 1.